The van der Waals surface area contributed by atoms with E-state index in [1.807, 2.05) is 4.72 Å². The van der Waals surface area contributed by atoms with Crippen molar-refractivity contribution in [3.05, 3.63) is 64.9 Å². The maximum absolute atomic E-state index is 12.8. The van der Waals surface area contributed by atoms with Gasteiger partial charge in [0.2, 0.25) is 5.91 Å². The molecule has 0 aromatic heterocycles. The maximum Gasteiger partial charge on any atom is 0.264 e. The van der Waals surface area contributed by atoms with Crippen molar-refractivity contribution in [3.63, 3.8) is 0 Å². The fraction of sp³-hybridized carbons (Fsp3) is 0.133. The minimum absolute atomic E-state index is 0.0224. The van der Waals surface area contributed by atoms with Gasteiger partial charge in [-0.2, -0.15) is 0 Å². The van der Waals surface area contributed by atoms with Crippen molar-refractivity contribution in [2.24, 2.45) is 0 Å². The lowest BCUT2D eigenvalue weighted by atomic mass is 10.1. The number of nitrogens with one attached hydrogen (secondary N) is 1. The van der Waals surface area contributed by atoms with Gasteiger partial charge in [0.25, 0.3) is 10.0 Å². The van der Waals surface area contributed by atoms with E-state index in [9.17, 15) is 17.6 Å². The average Bonchev–Trinajstić information content (AvgIpc) is 2.46. The Kier molecular flexibility index (Phi) is 5.15. The summed E-state index contributed by atoms with van der Waals surface area (Å²) in [5, 5.41) is 0.265. The molecule has 4 nitrogen and oxygen atoms in total. The van der Waals surface area contributed by atoms with Gasteiger partial charge in [-0.3, -0.25) is 4.79 Å². The smallest absolute Gasteiger partial charge is 0.264 e. The molecule has 1 N–H and O–H groups in total. The SMILES string of the molecule is O=C(CCc1ccc(F)cc1)NS(=O)(=O)c1cccc(Cl)c1. The second-order valence-electron chi connectivity index (χ2n) is 4.61. The van der Waals surface area contributed by atoms with Gasteiger partial charge >= 0.3 is 0 Å². The van der Waals surface area contributed by atoms with Gasteiger partial charge in [-0.25, -0.2) is 17.5 Å². The van der Waals surface area contributed by atoms with Crippen molar-refractivity contribution >= 4 is 27.5 Å². The Morgan fingerprint density at radius 2 is 1.82 bits per heavy atom. The quantitative estimate of drug-likeness (QED) is 0.909. The first-order valence-corrected chi connectivity index (χ1v) is 8.28. The number of halogens is 2. The summed E-state index contributed by atoms with van der Waals surface area (Å²) < 4.78 is 38.8. The zero-order valence-electron chi connectivity index (χ0n) is 11.4. The van der Waals surface area contributed by atoms with Gasteiger partial charge in [0.1, 0.15) is 5.82 Å². The molecule has 0 atom stereocenters. The molecular weight excluding hydrogens is 329 g/mol. The molecule has 2 rings (SSSR count). The van der Waals surface area contributed by atoms with E-state index in [2.05, 4.69) is 0 Å². The molecule has 116 valence electrons. The Bertz CT molecular complexity index is 776. The lowest BCUT2D eigenvalue weighted by Crippen LogP contribution is -2.30. The summed E-state index contributed by atoms with van der Waals surface area (Å²) in [6.45, 7) is 0. The molecule has 2 aromatic carbocycles. The molecule has 7 heteroatoms. The second-order valence-corrected chi connectivity index (χ2v) is 6.73. The predicted molar refractivity (Wildman–Crippen MR) is 81.5 cm³/mol. The fourth-order valence-electron chi connectivity index (χ4n) is 1.80. The number of aryl methyl sites for hydroxylation is 1. The van der Waals surface area contributed by atoms with E-state index in [-0.39, 0.29) is 22.2 Å². The molecule has 0 unspecified atom stereocenters. The largest absolute Gasteiger partial charge is 0.274 e. The number of hydrogen-bond acceptors (Lipinski definition) is 3. The Balaban J connectivity index is 1.97. The highest BCUT2D eigenvalue weighted by atomic mass is 35.5. The van der Waals surface area contributed by atoms with Crippen molar-refractivity contribution < 1.29 is 17.6 Å². The van der Waals surface area contributed by atoms with Crippen LogP contribution in [0.1, 0.15) is 12.0 Å². The van der Waals surface area contributed by atoms with Crippen molar-refractivity contribution in [2.45, 2.75) is 17.7 Å². The minimum Gasteiger partial charge on any atom is -0.274 e. The number of carbonyl (C=O) groups is 1. The molecule has 0 aliphatic heterocycles. The number of rotatable bonds is 5. The van der Waals surface area contributed by atoms with Gasteiger partial charge in [-0.05, 0) is 42.3 Å². The van der Waals surface area contributed by atoms with E-state index in [0.29, 0.717) is 6.42 Å². The summed E-state index contributed by atoms with van der Waals surface area (Å²) in [5.41, 5.74) is 0.747. The first kappa shape index (κ1) is 16.5. The van der Waals surface area contributed by atoms with Crippen LogP contribution in [0.4, 0.5) is 4.39 Å². The van der Waals surface area contributed by atoms with Crippen LogP contribution in [0.5, 0.6) is 0 Å². The fourth-order valence-corrected chi connectivity index (χ4v) is 3.12. The Morgan fingerprint density at radius 3 is 2.45 bits per heavy atom. The zero-order valence-corrected chi connectivity index (χ0v) is 13.0. The molecule has 0 saturated heterocycles. The third-order valence-electron chi connectivity index (χ3n) is 2.91. The van der Waals surface area contributed by atoms with E-state index < -0.39 is 15.9 Å². The average molecular weight is 342 g/mol. The first-order valence-electron chi connectivity index (χ1n) is 6.42. The first-order chi connectivity index (χ1) is 10.4. The second kappa shape index (κ2) is 6.89. The van der Waals surface area contributed by atoms with E-state index in [1.165, 1.54) is 36.4 Å². The topological polar surface area (TPSA) is 63.2 Å². The van der Waals surface area contributed by atoms with E-state index >= 15 is 0 Å². The van der Waals surface area contributed by atoms with Crippen molar-refractivity contribution in [1.29, 1.82) is 0 Å². The van der Waals surface area contributed by atoms with Crippen LogP contribution in [0.2, 0.25) is 5.02 Å². The summed E-state index contributed by atoms with van der Waals surface area (Å²) in [4.78, 5) is 11.7. The standard InChI is InChI=1S/C15H13ClFNO3S/c16-12-2-1-3-14(10-12)22(20,21)18-15(19)9-6-11-4-7-13(17)8-5-11/h1-5,7-8,10H,6,9H2,(H,18,19). The van der Waals surface area contributed by atoms with Crippen LogP contribution in [0.3, 0.4) is 0 Å². The van der Waals surface area contributed by atoms with E-state index in [4.69, 9.17) is 11.6 Å². The van der Waals surface area contributed by atoms with Gasteiger partial charge < -0.3 is 0 Å². The number of hydrogen-bond donors (Lipinski definition) is 1. The van der Waals surface area contributed by atoms with Gasteiger partial charge in [-0.15, -0.1) is 0 Å². The number of sulfonamides is 1. The normalized spacial score (nSPS) is 11.2. The zero-order chi connectivity index (χ0) is 16.2. The van der Waals surface area contributed by atoms with Gasteiger partial charge in [0.15, 0.2) is 0 Å². The highest BCUT2D eigenvalue weighted by Gasteiger charge is 2.17. The molecular formula is C15H13ClFNO3S. The minimum atomic E-state index is -3.94. The van der Waals surface area contributed by atoms with Crippen molar-refractivity contribution in [3.8, 4) is 0 Å². The summed E-state index contributed by atoms with van der Waals surface area (Å²) >= 11 is 5.73. The summed E-state index contributed by atoms with van der Waals surface area (Å²) in [5.74, 6) is -0.999. The maximum atomic E-state index is 12.8. The third kappa shape index (κ3) is 4.54. The summed E-state index contributed by atoms with van der Waals surface area (Å²) in [6.07, 6.45) is 0.294. The van der Waals surface area contributed by atoms with Crippen LogP contribution in [-0.4, -0.2) is 14.3 Å². The molecule has 2 aromatic rings. The summed E-state index contributed by atoms with van der Waals surface area (Å²) in [7, 11) is -3.94. The van der Waals surface area contributed by atoms with Crippen LogP contribution >= 0.6 is 11.6 Å². The van der Waals surface area contributed by atoms with Crippen LogP contribution in [0.25, 0.3) is 0 Å². The molecule has 0 heterocycles. The predicted octanol–water partition coefficient (Wildman–Crippen LogP) is 2.92. The highest BCUT2D eigenvalue weighted by Crippen LogP contribution is 2.15. The lowest BCUT2D eigenvalue weighted by molar-refractivity contribution is -0.119. The molecule has 1 amide bonds. The van der Waals surface area contributed by atoms with E-state index in [0.717, 1.165) is 5.56 Å². The molecule has 0 radical (unpaired) electrons. The van der Waals surface area contributed by atoms with Crippen molar-refractivity contribution in [1.82, 2.24) is 4.72 Å². The molecule has 22 heavy (non-hydrogen) atoms. The van der Waals surface area contributed by atoms with Crippen LogP contribution in [0, 0.1) is 5.82 Å². The molecule has 0 bridgehead atoms. The van der Waals surface area contributed by atoms with Crippen molar-refractivity contribution in [2.75, 3.05) is 0 Å². The molecule has 0 aliphatic carbocycles. The third-order valence-corrected chi connectivity index (χ3v) is 4.51. The summed E-state index contributed by atoms with van der Waals surface area (Å²) in [6, 6.07) is 11.3. The Hall–Kier alpha value is -1.92. The monoisotopic (exact) mass is 341 g/mol. The Morgan fingerprint density at radius 1 is 1.14 bits per heavy atom. The molecule has 0 aliphatic rings. The number of carbonyl (C=O) groups excluding carboxylic acids is 1. The Labute approximate surface area is 133 Å². The van der Waals surface area contributed by atoms with Crippen LogP contribution < -0.4 is 4.72 Å². The highest BCUT2D eigenvalue weighted by molar-refractivity contribution is 7.90. The lowest BCUT2D eigenvalue weighted by Gasteiger charge is -2.07. The number of benzene rings is 2. The van der Waals surface area contributed by atoms with Crippen LogP contribution in [0.15, 0.2) is 53.4 Å². The van der Waals surface area contributed by atoms with E-state index in [1.54, 1.807) is 12.1 Å². The van der Waals surface area contributed by atoms with Gasteiger partial charge in [-0.1, -0.05) is 29.8 Å². The molecule has 0 spiro atoms. The van der Waals surface area contributed by atoms with Gasteiger partial charge in [0, 0.05) is 11.4 Å². The van der Waals surface area contributed by atoms with Gasteiger partial charge in [0.05, 0.1) is 4.90 Å². The number of amides is 1. The molecule has 0 saturated carbocycles. The molecule has 0 fully saturated rings. The van der Waals surface area contributed by atoms with Crippen LogP contribution in [-0.2, 0) is 21.2 Å².